The SMILES string of the molecule is CC(=O)N[C@H](C(C)C)C(C)(C)C(=O)O. The molecule has 82 valence electrons. The molecule has 0 unspecified atom stereocenters. The third-order valence-corrected chi connectivity index (χ3v) is 2.35. The second-order valence-electron chi connectivity index (χ2n) is 4.45. The normalized spacial score (nSPS) is 13.9. The van der Waals surface area contributed by atoms with E-state index in [-0.39, 0.29) is 17.9 Å². The fourth-order valence-corrected chi connectivity index (χ4v) is 1.53. The molecule has 2 N–H and O–H groups in total. The standard InChI is InChI=1S/C10H19NO3/c1-6(2)8(11-7(3)12)10(4,5)9(13)14/h6,8H,1-5H3,(H,11,12)(H,13,14)/t8-/m1/s1. The maximum Gasteiger partial charge on any atom is 0.311 e. The Bertz CT molecular complexity index is 234. The van der Waals surface area contributed by atoms with Crippen molar-refractivity contribution in [2.24, 2.45) is 11.3 Å². The number of amides is 1. The van der Waals surface area contributed by atoms with Crippen LogP contribution >= 0.6 is 0 Å². The molecule has 1 amide bonds. The van der Waals surface area contributed by atoms with Crippen molar-refractivity contribution in [3.63, 3.8) is 0 Å². The van der Waals surface area contributed by atoms with Crippen LogP contribution < -0.4 is 5.32 Å². The van der Waals surface area contributed by atoms with Crippen molar-refractivity contribution in [3.05, 3.63) is 0 Å². The first kappa shape index (κ1) is 12.9. The summed E-state index contributed by atoms with van der Waals surface area (Å²) in [6.45, 7) is 8.43. The van der Waals surface area contributed by atoms with Gasteiger partial charge in [0.2, 0.25) is 5.91 Å². The Labute approximate surface area is 84.7 Å². The number of nitrogens with one attached hydrogen (secondary N) is 1. The summed E-state index contributed by atoms with van der Waals surface area (Å²) in [5, 5.41) is 11.7. The lowest BCUT2D eigenvalue weighted by Gasteiger charge is -2.33. The van der Waals surface area contributed by atoms with Crippen molar-refractivity contribution in [1.82, 2.24) is 5.32 Å². The Balaban J connectivity index is 4.81. The fraction of sp³-hybridized carbons (Fsp3) is 0.800. The van der Waals surface area contributed by atoms with Crippen molar-refractivity contribution in [1.29, 1.82) is 0 Å². The largest absolute Gasteiger partial charge is 0.481 e. The van der Waals surface area contributed by atoms with Crippen molar-refractivity contribution < 1.29 is 14.7 Å². The number of hydrogen-bond acceptors (Lipinski definition) is 2. The van der Waals surface area contributed by atoms with Crippen LogP contribution in [-0.4, -0.2) is 23.0 Å². The molecular weight excluding hydrogens is 182 g/mol. The maximum absolute atomic E-state index is 11.0. The van der Waals surface area contributed by atoms with Gasteiger partial charge in [0, 0.05) is 13.0 Å². The Hall–Kier alpha value is -1.06. The highest BCUT2D eigenvalue weighted by Gasteiger charge is 2.39. The molecule has 14 heavy (non-hydrogen) atoms. The summed E-state index contributed by atoms with van der Waals surface area (Å²) in [5.41, 5.74) is -0.945. The molecule has 0 aliphatic rings. The summed E-state index contributed by atoms with van der Waals surface area (Å²) >= 11 is 0. The van der Waals surface area contributed by atoms with Crippen LogP contribution in [0.5, 0.6) is 0 Å². The minimum atomic E-state index is -0.945. The average Bonchev–Trinajstić information content (AvgIpc) is 1.98. The van der Waals surface area contributed by atoms with Crippen LogP contribution in [0.25, 0.3) is 0 Å². The molecule has 0 aromatic carbocycles. The predicted octanol–water partition coefficient (Wildman–Crippen LogP) is 1.26. The summed E-state index contributed by atoms with van der Waals surface area (Å²) in [6.07, 6.45) is 0. The zero-order valence-electron chi connectivity index (χ0n) is 9.42. The molecule has 0 saturated heterocycles. The number of rotatable bonds is 4. The molecule has 0 saturated carbocycles. The summed E-state index contributed by atoms with van der Waals surface area (Å²) < 4.78 is 0. The van der Waals surface area contributed by atoms with Gasteiger partial charge in [0.05, 0.1) is 5.41 Å². The highest BCUT2D eigenvalue weighted by Crippen LogP contribution is 2.26. The van der Waals surface area contributed by atoms with Gasteiger partial charge in [-0.3, -0.25) is 9.59 Å². The number of carboxylic acids is 1. The third kappa shape index (κ3) is 3.01. The highest BCUT2D eigenvalue weighted by atomic mass is 16.4. The summed E-state index contributed by atoms with van der Waals surface area (Å²) in [7, 11) is 0. The van der Waals surface area contributed by atoms with Gasteiger partial charge < -0.3 is 10.4 Å². The van der Waals surface area contributed by atoms with Gasteiger partial charge in [-0.1, -0.05) is 13.8 Å². The number of carbonyl (C=O) groups is 2. The van der Waals surface area contributed by atoms with E-state index in [1.807, 2.05) is 13.8 Å². The Morgan fingerprint density at radius 2 is 1.71 bits per heavy atom. The topological polar surface area (TPSA) is 66.4 Å². The monoisotopic (exact) mass is 201 g/mol. The minimum absolute atomic E-state index is 0.0880. The van der Waals surface area contributed by atoms with Crippen molar-refractivity contribution >= 4 is 11.9 Å². The van der Waals surface area contributed by atoms with E-state index in [1.54, 1.807) is 13.8 Å². The second kappa shape index (κ2) is 4.44. The van der Waals surface area contributed by atoms with Gasteiger partial charge in [0.1, 0.15) is 0 Å². The van der Waals surface area contributed by atoms with Crippen molar-refractivity contribution in [2.75, 3.05) is 0 Å². The van der Waals surface area contributed by atoms with Gasteiger partial charge in [0.25, 0.3) is 0 Å². The Kier molecular flexibility index (Phi) is 4.10. The first-order chi connectivity index (χ1) is 6.19. The summed E-state index contributed by atoms with van der Waals surface area (Å²) in [6, 6.07) is -0.350. The number of carbonyl (C=O) groups excluding carboxylic acids is 1. The molecule has 0 radical (unpaired) electrons. The molecule has 0 spiro atoms. The zero-order valence-corrected chi connectivity index (χ0v) is 9.42. The number of hydrogen-bond donors (Lipinski definition) is 2. The van der Waals surface area contributed by atoms with Gasteiger partial charge in [-0.2, -0.15) is 0 Å². The van der Waals surface area contributed by atoms with Gasteiger partial charge in [-0.05, 0) is 19.8 Å². The summed E-state index contributed by atoms with van der Waals surface area (Å²) in [4.78, 5) is 21.9. The molecule has 0 aliphatic carbocycles. The molecule has 0 bridgehead atoms. The lowest BCUT2D eigenvalue weighted by atomic mass is 9.78. The molecule has 4 heteroatoms. The third-order valence-electron chi connectivity index (χ3n) is 2.35. The molecule has 0 fully saturated rings. The van der Waals surface area contributed by atoms with E-state index in [2.05, 4.69) is 5.32 Å². The number of aliphatic carboxylic acids is 1. The van der Waals surface area contributed by atoms with Crippen LogP contribution in [0.3, 0.4) is 0 Å². The molecule has 0 aromatic heterocycles. The van der Waals surface area contributed by atoms with E-state index in [1.165, 1.54) is 6.92 Å². The molecule has 0 rings (SSSR count). The van der Waals surface area contributed by atoms with Crippen LogP contribution in [0.2, 0.25) is 0 Å². The summed E-state index contributed by atoms with van der Waals surface area (Å²) in [5.74, 6) is -1.01. The lowest BCUT2D eigenvalue weighted by molar-refractivity contribution is -0.149. The first-order valence-corrected chi connectivity index (χ1v) is 4.70. The van der Waals surface area contributed by atoms with Gasteiger partial charge in [0.15, 0.2) is 0 Å². The maximum atomic E-state index is 11.0. The second-order valence-corrected chi connectivity index (χ2v) is 4.45. The van der Waals surface area contributed by atoms with E-state index in [9.17, 15) is 9.59 Å². The molecular formula is C10H19NO3. The molecule has 0 aromatic rings. The first-order valence-electron chi connectivity index (χ1n) is 4.70. The average molecular weight is 201 g/mol. The van der Waals surface area contributed by atoms with E-state index in [0.29, 0.717) is 0 Å². The van der Waals surface area contributed by atoms with Gasteiger partial charge in [-0.25, -0.2) is 0 Å². The minimum Gasteiger partial charge on any atom is -0.481 e. The van der Waals surface area contributed by atoms with Crippen LogP contribution in [-0.2, 0) is 9.59 Å². The van der Waals surface area contributed by atoms with E-state index >= 15 is 0 Å². The van der Waals surface area contributed by atoms with Crippen LogP contribution in [0, 0.1) is 11.3 Å². The van der Waals surface area contributed by atoms with Gasteiger partial charge in [-0.15, -0.1) is 0 Å². The molecule has 1 atom stereocenters. The van der Waals surface area contributed by atoms with Crippen LogP contribution in [0.1, 0.15) is 34.6 Å². The van der Waals surface area contributed by atoms with Crippen LogP contribution in [0.15, 0.2) is 0 Å². The van der Waals surface area contributed by atoms with Crippen LogP contribution in [0.4, 0.5) is 0 Å². The molecule has 0 heterocycles. The highest BCUT2D eigenvalue weighted by molar-refractivity contribution is 5.78. The zero-order chi connectivity index (χ0) is 11.5. The molecule has 0 aliphatic heterocycles. The fourth-order valence-electron chi connectivity index (χ4n) is 1.53. The number of carboxylic acid groups (broad SMARTS) is 1. The van der Waals surface area contributed by atoms with E-state index in [0.717, 1.165) is 0 Å². The van der Waals surface area contributed by atoms with Crippen molar-refractivity contribution in [3.8, 4) is 0 Å². The van der Waals surface area contributed by atoms with E-state index in [4.69, 9.17) is 5.11 Å². The van der Waals surface area contributed by atoms with Gasteiger partial charge >= 0.3 is 5.97 Å². The Morgan fingerprint density at radius 3 is 1.93 bits per heavy atom. The quantitative estimate of drug-likeness (QED) is 0.719. The molecule has 4 nitrogen and oxygen atoms in total. The smallest absolute Gasteiger partial charge is 0.311 e. The lowest BCUT2D eigenvalue weighted by Crippen LogP contribution is -2.51. The van der Waals surface area contributed by atoms with Crippen molar-refractivity contribution in [2.45, 2.75) is 40.7 Å². The Morgan fingerprint density at radius 1 is 1.29 bits per heavy atom. The van der Waals surface area contributed by atoms with E-state index < -0.39 is 11.4 Å². The predicted molar refractivity (Wildman–Crippen MR) is 53.9 cm³/mol.